The van der Waals surface area contributed by atoms with Crippen LogP contribution in [0.5, 0.6) is 0 Å². The Hall–Kier alpha value is -2.58. The summed E-state index contributed by atoms with van der Waals surface area (Å²) in [5, 5.41) is 19.0. The number of hydrogen-bond donors (Lipinski definition) is 3. The van der Waals surface area contributed by atoms with Gasteiger partial charge in [-0.25, -0.2) is 0 Å². The van der Waals surface area contributed by atoms with E-state index in [0.29, 0.717) is 37.3 Å². The first-order valence-corrected chi connectivity index (χ1v) is 8.01. The summed E-state index contributed by atoms with van der Waals surface area (Å²) in [5.41, 5.74) is 0.803. The van der Waals surface area contributed by atoms with Crippen LogP contribution in [0.1, 0.15) is 59.1 Å². The second kappa shape index (κ2) is 6.50. The van der Waals surface area contributed by atoms with Crippen LogP contribution in [0.4, 0.5) is 4.39 Å². The topological polar surface area (TPSA) is 112 Å². The van der Waals surface area contributed by atoms with Gasteiger partial charge in [0.05, 0.1) is 5.56 Å². The molecule has 1 aromatic heterocycles. The number of fused-ring (bicyclic) bond motifs is 1. The van der Waals surface area contributed by atoms with Crippen LogP contribution in [0.3, 0.4) is 0 Å². The van der Waals surface area contributed by atoms with E-state index >= 15 is 0 Å². The Labute approximate surface area is 138 Å². The number of alkyl halides is 1. The predicted octanol–water partition coefficient (Wildman–Crippen LogP) is 1.98. The highest BCUT2D eigenvalue weighted by atomic mass is 19.1. The molecule has 2 heterocycles. The van der Waals surface area contributed by atoms with E-state index in [0.717, 1.165) is 6.42 Å². The zero-order chi connectivity index (χ0) is 17.2. The largest absolute Gasteiger partial charge is 0.369 e. The van der Waals surface area contributed by atoms with Crippen LogP contribution in [0.15, 0.2) is 22.1 Å². The van der Waals surface area contributed by atoms with Crippen molar-refractivity contribution in [2.45, 2.75) is 44.9 Å². The monoisotopic (exact) mass is 334 g/mol. The lowest BCUT2D eigenvalue weighted by atomic mass is 9.94. The number of carbonyl (C=O) groups is 2. The lowest BCUT2D eigenvalue weighted by Crippen LogP contribution is -2.44. The first-order valence-electron chi connectivity index (χ1n) is 8.01. The summed E-state index contributed by atoms with van der Waals surface area (Å²) in [6.45, 7) is 2.71. The van der Waals surface area contributed by atoms with Crippen LogP contribution in [0, 0.1) is 0 Å². The summed E-state index contributed by atoms with van der Waals surface area (Å²) in [6.07, 6.45) is 4.03. The number of nitrogens with one attached hydrogen (secondary N) is 3. The predicted molar refractivity (Wildman–Crippen MR) is 83.0 cm³/mol. The molecule has 128 valence electrons. The molecule has 0 spiro atoms. The standard InChI is InChI=1S/C15H19FN6O2/c1-2-8-17-11-6-7-15(16,22-20-11)18-14(24)13-12-9(19-21-13)4-3-5-10(12)23/h6,17H,2-5,7-8H2,1H3,(H,18,24)(H,19,21). The van der Waals surface area contributed by atoms with E-state index in [4.69, 9.17) is 0 Å². The van der Waals surface area contributed by atoms with Crippen molar-refractivity contribution >= 4 is 11.7 Å². The molecule has 24 heavy (non-hydrogen) atoms. The van der Waals surface area contributed by atoms with E-state index in [1.165, 1.54) is 6.08 Å². The molecule has 8 nitrogen and oxygen atoms in total. The molecule has 3 rings (SSSR count). The van der Waals surface area contributed by atoms with Crippen molar-refractivity contribution < 1.29 is 14.0 Å². The number of H-pyrrole nitrogens is 1. The molecule has 2 aliphatic rings. The number of rotatable bonds is 5. The fraction of sp³-hybridized carbons (Fsp3) is 0.533. The fourth-order valence-electron chi connectivity index (χ4n) is 2.69. The molecule has 0 saturated heterocycles. The van der Waals surface area contributed by atoms with E-state index in [1.54, 1.807) is 0 Å². The number of halogens is 1. The van der Waals surface area contributed by atoms with Crippen LogP contribution >= 0.6 is 0 Å². The van der Waals surface area contributed by atoms with Gasteiger partial charge in [-0.1, -0.05) is 6.92 Å². The van der Waals surface area contributed by atoms with Crippen LogP contribution in [-0.2, 0) is 6.42 Å². The minimum absolute atomic E-state index is 0.0826. The van der Waals surface area contributed by atoms with E-state index < -0.39 is 11.8 Å². The fourth-order valence-corrected chi connectivity index (χ4v) is 2.69. The number of carbonyl (C=O) groups excluding carboxylic acids is 2. The van der Waals surface area contributed by atoms with Gasteiger partial charge in [-0.2, -0.15) is 9.49 Å². The van der Waals surface area contributed by atoms with Gasteiger partial charge in [0, 0.05) is 25.1 Å². The van der Waals surface area contributed by atoms with Crippen LogP contribution in [0.25, 0.3) is 0 Å². The summed E-state index contributed by atoms with van der Waals surface area (Å²) < 4.78 is 14.7. The van der Waals surface area contributed by atoms with Gasteiger partial charge in [0.1, 0.15) is 5.82 Å². The zero-order valence-electron chi connectivity index (χ0n) is 13.4. The number of azo groups is 1. The molecular weight excluding hydrogens is 315 g/mol. The SMILES string of the molecule is CCCNC1=CCC(F)(NC(=O)c2n[nH]c3c2C(=O)CCC3)N=N1. The van der Waals surface area contributed by atoms with Gasteiger partial charge >= 0.3 is 0 Å². The summed E-state index contributed by atoms with van der Waals surface area (Å²) >= 11 is 0. The minimum atomic E-state index is -2.34. The molecule has 1 aliphatic heterocycles. The lowest BCUT2D eigenvalue weighted by molar-refractivity contribution is 0.0694. The maximum atomic E-state index is 14.7. The summed E-state index contributed by atoms with van der Waals surface area (Å²) in [7, 11) is 0. The third-order valence-electron chi connectivity index (χ3n) is 3.91. The van der Waals surface area contributed by atoms with E-state index in [2.05, 4.69) is 31.1 Å². The molecule has 3 N–H and O–H groups in total. The molecule has 0 fully saturated rings. The lowest BCUT2D eigenvalue weighted by Gasteiger charge is -2.22. The van der Waals surface area contributed by atoms with Crippen molar-refractivity contribution in [1.29, 1.82) is 0 Å². The quantitative estimate of drug-likeness (QED) is 0.715. The molecule has 0 radical (unpaired) electrons. The molecule has 1 atom stereocenters. The number of amides is 1. The first-order chi connectivity index (χ1) is 11.5. The Morgan fingerprint density at radius 1 is 1.46 bits per heavy atom. The van der Waals surface area contributed by atoms with Gasteiger partial charge in [0.25, 0.3) is 11.8 Å². The molecule has 1 amide bonds. The maximum Gasteiger partial charge on any atom is 0.298 e. The number of aromatic nitrogens is 2. The van der Waals surface area contributed by atoms with Crippen molar-refractivity contribution in [3.63, 3.8) is 0 Å². The number of Topliss-reactive ketones (excluding diaryl/α,β-unsaturated/α-hetero) is 1. The second-order valence-corrected chi connectivity index (χ2v) is 5.84. The molecule has 1 unspecified atom stereocenters. The van der Waals surface area contributed by atoms with Gasteiger partial charge in [-0.3, -0.25) is 20.0 Å². The smallest absolute Gasteiger partial charge is 0.298 e. The molecule has 0 bridgehead atoms. The van der Waals surface area contributed by atoms with Crippen molar-refractivity contribution in [1.82, 2.24) is 20.8 Å². The zero-order valence-corrected chi connectivity index (χ0v) is 13.4. The molecular formula is C15H19FN6O2. The molecule has 0 saturated carbocycles. The highest BCUT2D eigenvalue weighted by molar-refractivity contribution is 6.08. The Bertz CT molecular complexity index is 726. The van der Waals surface area contributed by atoms with Gasteiger partial charge in [0.2, 0.25) is 0 Å². The minimum Gasteiger partial charge on any atom is -0.369 e. The van der Waals surface area contributed by atoms with E-state index in [1.807, 2.05) is 6.92 Å². The maximum absolute atomic E-state index is 14.7. The molecule has 0 aromatic carbocycles. The number of ketones is 1. The number of aromatic amines is 1. The molecule has 1 aliphatic carbocycles. The summed E-state index contributed by atoms with van der Waals surface area (Å²) in [4.78, 5) is 24.3. The Kier molecular flexibility index (Phi) is 4.41. The van der Waals surface area contributed by atoms with E-state index in [9.17, 15) is 14.0 Å². The van der Waals surface area contributed by atoms with E-state index in [-0.39, 0.29) is 23.5 Å². The van der Waals surface area contributed by atoms with Crippen LogP contribution < -0.4 is 10.6 Å². The van der Waals surface area contributed by atoms with Gasteiger partial charge in [-0.05, 0) is 25.3 Å². The average molecular weight is 334 g/mol. The van der Waals surface area contributed by atoms with Crippen molar-refractivity contribution in [3.8, 4) is 0 Å². The Balaban J connectivity index is 1.70. The average Bonchev–Trinajstić information content (AvgIpc) is 3.00. The third kappa shape index (κ3) is 3.19. The van der Waals surface area contributed by atoms with Crippen molar-refractivity contribution in [2.24, 2.45) is 10.2 Å². The first kappa shape index (κ1) is 16.3. The number of aryl methyl sites for hydroxylation is 1. The van der Waals surface area contributed by atoms with Crippen LogP contribution in [-0.4, -0.2) is 34.3 Å². The van der Waals surface area contributed by atoms with Crippen molar-refractivity contribution in [2.75, 3.05) is 6.54 Å². The van der Waals surface area contributed by atoms with Gasteiger partial charge in [0.15, 0.2) is 11.5 Å². The molecule has 1 aromatic rings. The molecule has 9 heteroatoms. The second-order valence-electron chi connectivity index (χ2n) is 5.84. The summed E-state index contributed by atoms with van der Waals surface area (Å²) in [5.74, 6) is -2.79. The van der Waals surface area contributed by atoms with Crippen molar-refractivity contribution in [3.05, 3.63) is 28.8 Å². The number of hydrogen-bond acceptors (Lipinski definition) is 6. The Morgan fingerprint density at radius 3 is 3.00 bits per heavy atom. The highest BCUT2D eigenvalue weighted by Gasteiger charge is 2.36. The van der Waals surface area contributed by atoms with Gasteiger partial charge in [-0.15, -0.1) is 10.2 Å². The van der Waals surface area contributed by atoms with Crippen LogP contribution in [0.2, 0.25) is 0 Å². The third-order valence-corrected chi connectivity index (χ3v) is 3.91. The Morgan fingerprint density at radius 2 is 2.29 bits per heavy atom. The highest BCUT2D eigenvalue weighted by Crippen LogP contribution is 2.25. The van der Waals surface area contributed by atoms with Gasteiger partial charge < -0.3 is 5.32 Å². The number of nitrogens with zero attached hydrogens (tertiary/aromatic N) is 3. The summed E-state index contributed by atoms with van der Waals surface area (Å²) in [6, 6.07) is 0. The normalized spacial score (nSPS) is 22.8.